The summed E-state index contributed by atoms with van der Waals surface area (Å²) in [6.07, 6.45) is -0.0148. The van der Waals surface area contributed by atoms with Crippen LogP contribution in [0.15, 0.2) is 42.5 Å². The monoisotopic (exact) mass is 356 g/mol. The summed E-state index contributed by atoms with van der Waals surface area (Å²) in [4.78, 5) is 26.4. The number of halogens is 1. The Hall–Kier alpha value is -2.89. The molecule has 1 N–H and O–H groups in total. The molecule has 1 heterocycles. The van der Waals surface area contributed by atoms with Gasteiger partial charge in [0.25, 0.3) is 0 Å². The van der Waals surface area contributed by atoms with Gasteiger partial charge < -0.3 is 15.0 Å². The largest absolute Gasteiger partial charge is 0.487 e. The number of aryl methyl sites for hydroxylation is 1. The quantitative estimate of drug-likeness (QED) is 0.909. The maximum Gasteiger partial charge on any atom is 0.227 e. The van der Waals surface area contributed by atoms with Crippen LogP contribution in [-0.4, -0.2) is 24.5 Å². The van der Waals surface area contributed by atoms with E-state index in [-0.39, 0.29) is 30.8 Å². The van der Waals surface area contributed by atoms with E-state index in [2.05, 4.69) is 5.32 Å². The Bertz CT molecular complexity index is 838. The van der Waals surface area contributed by atoms with E-state index in [1.54, 1.807) is 11.0 Å². The second kappa shape index (κ2) is 7.56. The van der Waals surface area contributed by atoms with Crippen molar-refractivity contribution in [2.45, 2.75) is 32.8 Å². The number of nitrogens with zero attached hydrogens (tertiary/aromatic N) is 1. The number of rotatable bonds is 4. The van der Waals surface area contributed by atoms with Crippen molar-refractivity contribution < 1.29 is 18.7 Å². The van der Waals surface area contributed by atoms with E-state index in [4.69, 9.17) is 4.74 Å². The minimum absolute atomic E-state index is 0.0300. The lowest BCUT2D eigenvalue weighted by Gasteiger charge is -2.33. The van der Waals surface area contributed by atoms with E-state index in [0.717, 1.165) is 11.3 Å². The Morgan fingerprint density at radius 1 is 1.23 bits per heavy atom. The first kappa shape index (κ1) is 17.9. The summed E-state index contributed by atoms with van der Waals surface area (Å²) in [5, 5.41) is 2.60. The van der Waals surface area contributed by atoms with Gasteiger partial charge in [0.2, 0.25) is 11.8 Å². The molecule has 0 saturated carbocycles. The van der Waals surface area contributed by atoms with Gasteiger partial charge in [-0.2, -0.15) is 0 Å². The highest BCUT2D eigenvalue weighted by Crippen LogP contribution is 2.34. The summed E-state index contributed by atoms with van der Waals surface area (Å²) in [6.45, 7) is 4.30. The number of hydrogen-bond donors (Lipinski definition) is 1. The average Bonchev–Trinajstić information content (AvgIpc) is 2.59. The highest BCUT2D eigenvalue weighted by molar-refractivity contribution is 5.99. The van der Waals surface area contributed by atoms with Gasteiger partial charge in [-0.1, -0.05) is 12.1 Å². The molecule has 0 fully saturated rings. The van der Waals surface area contributed by atoms with Crippen molar-refractivity contribution in [1.82, 2.24) is 0 Å². The molecule has 1 aliphatic rings. The summed E-state index contributed by atoms with van der Waals surface area (Å²) in [5.74, 6) is -0.212. The Morgan fingerprint density at radius 2 is 2.04 bits per heavy atom. The summed E-state index contributed by atoms with van der Waals surface area (Å²) >= 11 is 0. The van der Waals surface area contributed by atoms with Crippen LogP contribution >= 0.6 is 0 Å². The highest BCUT2D eigenvalue weighted by atomic mass is 19.1. The predicted octanol–water partition coefficient (Wildman–Crippen LogP) is 3.67. The molecule has 6 heteroatoms. The minimum atomic E-state index is -0.423. The number of ether oxygens (including phenoxy) is 1. The molecule has 0 aromatic heterocycles. The van der Waals surface area contributed by atoms with Crippen molar-refractivity contribution in [1.29, 1.82) is 0 Å². The number of carbonyl (C=O) groups excluding carboxylic acids is 2. The molecule has 5 nitrogen and oxygen atoms in total. The van der Waals surface area contributed by atoms with Gasteiger partial charge in [-0.3, -0.25) is 9.59 Å². The van der Waals surface area contributed by atoms with Gasteiger partial charge in [0, 0.05) is 18.5 Å². The van der Waals surface area contributed by atoms with Gasteiger partial charge in [0.1, 0.15) is 17.7 Å². The molecule has 0 spiro atoms. The van der Waals surface area contributed by atoms with Crippen LogP contribution in [0, 0.1) is 12.7 Å². The molecule has 2 aromatic carbocycles. The van der Waals surface area contributed by atoms with Crippen molar-refractivity contribution in [3.8, 4) is 5.75 Å². The van der Waals surface area contributed by atoms with E-state index >= 15 is 0 Å². The molecule has 0 radical (unpaired) electrons. The van der Waals surface area contributed by atoms with Gasteiger partial charge in [-0.15, -0.1) is 0 Å². The second-order valence-electron chi connectivity index (χ2n) is 6.46. The summed E-state index contributed by atoms with van der Waals surface area (Å²) in [7, 11) is 0. The number of carbonyl (C=O) groups is 2. The number of benzene rings is 2. The molecule has 0 bridgehead atoms. The van der Waals surface area contributed by atoms with E-state index < -0.39 is 5.82 Å². The fourth-order valence-electron chi connectivity index (χ4n) is 2.93. The first-order chi connectivity index (χ1) is 12.4. The van der Waals surface area contributed by atoms with Crippen LogP contribution in [0.1, 0.15) is 25.3 Å². The molecule has 0 unspecified atom stereocenters. The summed E-state index contributed by atoms with van der Waals surface area (Å²) < 4.78 is 18.9. The predicted molar refractivity (Wildman–Crippen MR) is 97.9 cm³/mol. The van der Waals surface area contributed by atoms with Gasteiger partial charge >= 0.3 is 0 Å². The van der Waals surface area contributed by atoms with E-state index in [1.165, 1.54) is 18.2 Å². The fraction of sp³-hybridized carbons (Fsp3) is 0.300. The molecule has 2 aromatic rings. The highest BCUT2D eigenvalue weighted by Gasteiger charge is 2.27. The van der Waals surface area contributed by atoms with Crippen molar-refractivity contribution >= 4 is 23.2 Å². The lowest BCUT2D eigenvalue weighted by atomic mass is 10.1. The molecule has 26 heavy (non-hydrogen) atoms. The molecule has 0 aliphatic carbocycles. The standard InChI is InChI=1S/C20H21FN2O3/c1-13-6-7-18-17(10-13)23(12-14(2)26-18)20(25)9-8-19(24)22-16-5-3-4-15(21)11-16/h3-7,10-11,14H,8-9,12H2,1-2H3,(H,22,24)/t14-/m1/s1. The van der Waals surface area contributed by atoms with Crippen molar-refractivity contribution in [3.05, 3.63) is 53.8 Å². The number of fused-ring (bicyclic) bond motifs is 1. The average molecular weight is 356 g/mol. The van der Waals surface area contributed by atoms with Crippen LogP contribution in [-0.2, 0) is 9.59 Å². The van der Waals surface area contributed by atoms with Crippen molar-refractivity contribution in [2.24, 2.45) is 0 Å². The zero-order valence-corrected chi connectivity index (χ0v) is 14.8. The van der Waals surface area contributed by atoms with Crippen LogP contribution in [0.4, 0.5) is 15.8 Å². The summed E-state index contributed by atoms with van der Waals surface area (Å²) in [5.41, 5.74) is 2.14. The normalized spacial score (nSPS) is 15.8. The van der Waals surface area contributed by atoms with Gasteiger partial charge in [-0.05, 0) is 49.7 Å². The Labute approximate surface area is 151 Å². The van der Waals surface area contributed by atoms with Crippen molar-refractivity contribution in [2.75, 3.05) is 16.8 Å². The molecule has 1 aliphatic heterocycles. The summed E-state index contributed by atoms with van der Waals surface area (Å²) in [6, 6.07) is 11.4. The van der Waals surface area contributed by atoms with Crippen LogP contribution < -0.4 is 15.0 Å². The molecule has 1 atom stereocenters. The van der Waals surface area contributed by atoms with E-state index in [9.17, 15) is 14.0 Å². The smallest absolute Gasteiger partial charge is 0.227 e. The van der Waals surface area contributed by atoms with Crippen LogP contribution in [0.5, 0.6) is 5.75 Å². The first-order valence-electron chi connectivity index (χ1n) is 8.55. The number of nitrogens with one attached hydrogen (secondary N) is 1. The molecule has 0 saturated heterocycles. The number of anilines is 2. The Kier molecular flexibility index (Phi) is 5.21. The molecule has 2 amide bonds. The van der Waals surface area contributed by atoms with Crippen molar-refractivity contribution in [3.63, 3.8) is 0 Å². The van der Waals surface area contributed by atoms with Gasteiger partial charge in [-0.25, -0.2) is 4.39 Å². The second-order valence-corrected chi connectivity index (χ2v) is 6.46. The lowest BCUT2D eigenvalue weighted by molar-refractivity contribution is -0.122. The van der Waals surface area contributed by atoms with Crippen LogP contribution in [0.3, 0.4) is 0 Å². The molecular formula is C20H21FN2O3. The van der Waals surface area contributed by atoms with E-state index in [1.807, 2.05) is 32.0 Å². The minimum Gasteiger partial charge on any atom is -0.487 e. The molecule has 3 rings (SSSR count). The molecular weight excluding hydrogens is 335 g/mol. The number of hydrogen-bond acceptors (Lipinski definition) is 3. The maximum atomic E-state index is 13.2. The maximum absolute atomic E-state index is 13.2. The Morgan fingerprint density at radius 3 is 2.81 bits per heavy atom. The van der Waals surface area contributed by atoms with Crippen LogP contribution in [0.25, 0.3) is 0 Å². The zero-order valence-electron chi connectivity index (χ0n) is 14.8. The SMILES string of the molecule is Cc1ccc2c(c1)N(C(=O)CCC(=O)Nc1cccc(F)c1)C[C@@H](C)O2. The third-order valence-corrected chi connectivity index (χ3v) is 4.15. The molecule has 136 valence electrons. The van der Waals surface area contributed by atoms with E-state index in [0.29, 0.717) is 18.0 Å². The topological polar surface area (TPSA) is 58.6 Å². The van der Waals surface area contributed by atoms with Gasteiger partial charge in [0.05, 0.1) is 12.2 Å². The third kappa shape index (κ3) is 4.20. The van der Waals surface area contributed by atoms with Gasteiger partial charge in [0.15, 0.2) is 0 Å². The zero-order chi connectivity index (χ0) is 18.7. The first-order valence-corrected chi connectivity index (χ1v) is 8.55. The lowest BCUT2D eigenvalue weighted by Crippen LogP contribution is -2.42. The number of amides is 2. The Balaban J connectivity index is 1.63. The fourth-order valence-corrected chi connectivity index (χ4v) is 2.93. The third-order valence-electron chi connectivity index (χ3n) is 4.15. The van der Waals surface area contributed by atoms with Crippen LogP contribution in [0.2, 0.25) is 0 Å².